The molecule has 2 aromatic rings. The SMILES string of the molecule is CCNC(=NCc1ccc(COC)cc1)NCC1COc2ccccc2O1.I. The Labute approximate surface area is 183 Å². The van der Waals surface area contributed by atoms with Crippen LogP contribution in [0.5, 0.6) is 11.5 Å². The molecule has 7 heteroatoms. The highest BCUT2D eigenvalue weighted by Gasteiger charge is 2.20. The number of fused-ring (bicyclic) bond motifs is 1. The summed E-state index contributed by atoms with van der Waals surface area (Å²) in [5.74, 6) is 2.35. The van der Waals surface area contributed by atoms with Crippen LogP contribution in [0.3, 0.4) is 0 Å². The number of nitrogens with one attached hydrogen (secondary N) is 2. The quantitative estimate of drug-likeness (QED) is 0.349. The maximum Gasteiger partial charge on any atom is 0.191 e. The first-order valence-corrected chi connectivity index (χ1v) is 9.26. The molecule has 1 atom stereocenters. The van der Waals surface area contributed by atoms with Crippen molar-refractivity contribution >= 4 is 29.9 Å². The number of aliphatic imine (C=N–C) groups is 1. The Morgan fingerprint density at radius 1 is 1.07 bits per heavy atom. The maximum atomic E-state index is 5.98. The van der Waals surface area contributed by atoms with Gasteiger partial charge in [-0.2, -0.15) is 0 Å². The maximum absolute atomic E-state index is 5.98. The monoisotopic (exact) mass is 497 g/mol. The van der Waals surface area contributed by atoms with Gasteiger partial charge in [-0.05, 0) is 30.2 Å². The fraction of sp³-hybridized carbons (Fsp3) is 0.381. The predicted octanol–water partition coefficient (Wildman–Crippen LogP) is 3.35. The van der Waals surface area contributed by atoms with E-state index in [1.807, 2.05) is 31.2 Å². The molecule has 0 aliphatic carbocycles. The number of hydrogen-bond acceptors (Lipinski definition) is 4. The Balaban J connectivity index is 0.00000280. The van der Waals surface area contributed by atoms with Gasteiger partial charge in [-0.1, -0.05) is 36.4 Å². The van der Waals surface area contributed by atoms with Gasteiger partial charge in [0.1, 0.15) is 12.7 Å². The molecular formula is C21H28IN3O3. The molecule has 1 heterocycles. The number of guanidine groups is 1. The molecule has 0 spiro atoms. The normalized spacial score (nSPS) is 15.5. The van der Waals surface area contributed by atoms with Crippen LogP contribution in [0.1, 0.15) is 18.1 Å². The lowest BCUT2D eigenvalue weighted by atomic mass is 10.1. The number of para-hydroxylation sites is 2. The van der Waals surface area contributed by atoms with Gasteiger partial charge in [0.05, 0.1) is 19.7 Å². The Hall–Kier alpha value is -2.00. The van der Waals surface area contributed by atoms with Gasteiger partial charge >= 0.3 is 0 Å². The second-order valence-corrected chi connectivity index (χ2v) is 6.32. The average Bonchev–Trinajstić information content (AvgIpc) is 2.71. The number of methoxy groups -OCH3 is 1. The summed E-state index contributed by atoms with van der Waals surface area (Å²) in [6.45, 7) is 5.21. The molecule has 152 valence electrons. The lowest BCUT2D eigenvalue weighted by Crippen LogP contribution is -2.45. The van der Waals surface area contributed by atoms with Gasteiger partial charge in [0.2, 0.25) is 0 Å². The molecule has 0 saturated carbocycles. The van der Waals surface area contributed by atoms with Crippen molar-refractivity contribution < 1.29 is 14.2 Å². The number of nitrogens with zero attached hydrogens (tertiary/aromatic N) is 1. The minimum Gasteiger partial charge on any atom is -0.486 e. The van der Waals surface area contributed by atoms with Crippen molar-refractivity contribution in [2.24, 2.45) is 4.99 Å². The minimum absolute atomic E-state index is 0. The van der Waals surface area contributed by atoms with Gasteiger partial charge < -0.3 is 24.8 Å². The van der Waals surface area contributed by atoms with E-state index in [1.54, 1.807) is 7.11 Å². The average molecular weight is 497 g/mol. The van der Waals surface area contributed by atoms with Crippen LogP contribution >= 0.6 is 24.0 Å². The zero-order valence-electron chi connectivity index (χ0n) is 16.3. The zero-order valence-corrected chi connectivity index (χ0v) is 18.6. The highest BCUT2D eigenvalue weighted by Crippen LogP contribution is 2.30. The summed E-state index contributed by atoms with van der Waals surface area (Å²) in [5.41, 5.74) is 2.31. The highest BCUT2D eigenvalue weighted by molar-refractivity contribution is 14.0. The smallest absolute Gasteiger partial charge is 0.191 e. The molecule has 6 nitrogen and oxygen atoms in total. The topological polar surface area (TPSA) is 64.1 Å². The summed E-state index contributed by atoms with van der Waals surface area (Å²) >= 11 is 0. The van der Waals surface area contributed by atoms with Crippen molar-refractivity contribution in [1.29, 1.82) is 0 Å². The standard InChI is InChI=1S/C21H27N3O3.HI/c1-3-22-21(23-12-16-8-10-17(11-9-16)14-25-2)24-13-18-15-26-19-6-4-5-7-20(19)27-18;/h4-11,18H,3,12-15H2,1-2H3,(H2,22,23,24);1H. The third kappa shape index (κ3) is 6.56. The molecule has 0 amide bonds. The molecule has 1 unspecified atom stereocenters. The van der Waals surface area contributed by atoms with Crippen molar-refractivity contribution in [1.82, 2.24) is 10.6 Å². The first-order valence-electron chi connectivity index (χ1n) is 9.26. The summed E-state index contributed by atoms with van der Waals surface area (Å²) < 4.78 is 16.9. The largest absolute Gasteiger partial charge is 0.486 e. The summed E-state index contributed by atoms with van der Waals surface area (Å²) in [5, 5.41) is 6.60. The fourth-order valence-corrected chi connectivity index (χ4v) is 2.79. The van der Waals surface area contributed by atoms with Gasteiger partial charge in [0.25, 0.3) is 0 Å². The zero-order chi connectivity index (χ0) is 18.9. The van der Waals surface area contributed by atoms with Crippen molar-refractivity contribution in [2.45, 2.75) is 26.2 Å². The van der Waals surface area contributed by atoms with Gasteiger partial charge in [-0.25, -0.2) is 4.99 Å². The van der Waals surface area contributed by atoms with Crippen LogP contribution in [-0.4, -0.2) is 38.9 Å². The van der Waals surface area contributed by atoms with Crippen molar-refractivity contribution in [2.75, 3.05) is 26.8 Å². The molecule has 0 saturated heterocycles. The van der Waals surface area contributed by atoms with Crippen LogP contribution in [0.2, 0.25) is 0 Å². The molecule has 0 radical (unpaired) electrons. The molecule has 1 aliphatic rings. The molecular weight excluding hydrogens is 469 g/mol. The predicted molar refractivity (Wildman–Crippen MR) is 122 cm³/mol. The molecule has 2 N–H and O–H groups in total. The molecule has 1 aliphatic heterocycles. The van der Waals surface area contributed by atoms with Gasteiger partial charge in [0, 0.05) is 13.7 Å². The van der Waals surface area contributed by atoms with E-state index in [4.69, 9.17) is 14.2 Å². The third-order valence-corrected chi connectivity index (χ3v) is 4.16. The second kappa shape index (κ2) is 11.8. The Morgan fingerprint density at radius 3 is 2.50 bits per heavy atom. The molecule has 3 rings (SSSR count). The summed E-state index contributed by atoms with van der Waals surface area (Å²) in [7, 11) is 1.70. The third-order valence-electron chi connectivity index (χ3n) is 4.16. The lowest BCUT2D eigenvalue weighted by Gasteiger charge is -2.27. The minimum atomic E-state index is -0.0583. The summed E-state index contributed by atoms with van der Waals surface area (Å²) in [6.07, 6.45) is -0.0583. The van der Waals surface area contributed by atoms with E-state index < -0.39 is 0 Å². The number of benzene rings is 2. The van der Waals surface area contributed by atoms with E-state index in [9.17, 15) is 0 Å². The molecule has 2 aromatic carbocycles. The van der Waals surface area contributed by atoms with E-state index in [2.05, 4.69) is 39.9 Å². The number of hydrogen-bond donors (Lipinski definition) is 2. The van der Waals surface area contributed by atoms with Crippen molar-refractivity contribution in [3.05, 3.63) is 59.7 Å². The Morgan fingerprint density at radius 2 is 1.79 bits per heavy atom. The Bertz CT molecular complexity index is 753. The van der Waals surface area contributed by atoms with Crippen LogP contribution in [0.4, 0.5) is 0 Å². The van der Waals surface area contributed by atoms with Crippen molar-refractivity contribution in [3.8, 4) is 11.5 Å². The molecule has 0 bridgehead atoms. The van der Waals surface area contributed by atoms with E-state index >= 15 is 0 Å². The Kier molecular flexibility index (Phi) is 9.36. The molecule has 28 heavy (non-hydrogen) atoms. The van der Waals surface area contributed by atoms with E-state index in [-0.39, 0.29) is 30.1 Å². The molecule has 0 aromatic heterocycles. The number of ether oxygens (including phenoxy) is 3. The van der Waals surface area contributed by atoms with Gasteiger partial charge in [0.15, 0.2) is 17.5 Å². The number of halogens is 1. The lowest BCUT2D eigenvalue weighted by molar-refractivity contribution is 0.0936. The second-order valence-electron chi connectivity index (χ2n) is 6.32. The van der Waals surface area contributed by atoms with E-state index in [0.29, 0.717) is 26.3 Å². The summed E-state index contributed by atoms with van der Waals surface area (Å²) in [6, 6.07) is 16.0. The fourth-order valence-electron chi connectivity index (χ4n) is 2.79. The van der Waals surface area contributed by atoms with Crippen molar-refractivity contribution in [3.63, 3.8) is 0 Å². The van der Waals surface area contributed by atoms with Crippen LogP contribution in [-0.2, 0) is 17.9 Å². The van der Waals surface area contributed by atoms with E-state index in [0.717, 1.165) is 35.1 Å². The summed E-state index contributed by atoms with van der Waals surface area (Å²) in [4.78, 5) is 4.65. The first-order chi connectivity index (χ1) is 13.3. The first kappa shape index (κ1) is 22.3. The number of rotatable bonds is 7. The van der Waals surface area contributed by atoms with Gasteiger partial charge in [-0.15, -0.1) is 24.0 Å². The highest BCUT2D eigenvalue weighted by atomic mass is 127. The molecule has 0 fully saturated rings. The van der Waals surface area contributed by atoms with Crippen LogP contribution in [0.15, 0.2) is 53.5 Å². The van der Waals surface area contributed by atoms with Gasteiger partial charge in [-0.3, -0.25) is 0 Å². The van der Waals surface area contributed by atoms with Crippen LogP contribution in [0, 0.1) is 0 Å². The van der Waals surface area contributed by atoms with Crippen LogP contribution in [0.25, 0.3) is 0 Å². The van der Waals surface area contributed by atoms with Crippen LogP contribution < -0.4 is 20.1 Å². The van der Waals surface area contributed by atoms with E-state index in [1.165, 1.54) is 0 Å².